The average Bonchev–Trinajstić information content (AvgIpc) is 3.23. The molecule has 5 nitrogen and oxygen atoms in total. The minimum Gasteiger partial charge on any atom is -0.361 e. The summed E-state index contributed by atoms with van der Waals surface area (Å²) in [6, 6.07) is 5.85. The van der Waals surface area contributed by atoms with Crippen LogP contribution in [0.1, 0.15) is 53.6 Å². The molecule has 142 valence electrons. The van der Waals surface area contributed by atoms with Crippen LogP contribution in [0.15, 0.2) is 22.7 Å². The van der Waals surface area contributed by atoms with Crippen LogP contribution in [-0.4, -0.2) is 34.0 Å². The molecule has 7 heteroatoms. The van der Waals surface area contributed by atoms with E-state index < -0.39 is 0 Å². The van der Waals surface area contributed by atoms with Gasteiger partial charge in [0.25, 0.3) is 0 Å². The van der Waals surface area contributed by atoms with Gasteiger partial charge in [-0.1, -0.05) is 16.8 Å². The van der Waals surface area contributed by atoms with Gasteiger partial charge >= 0.3 is 0 Å². The average molecular weight is 404 g/mol. The fourth-order valence-corrected chi connectivity index (χ4v) is 5.23. The summed E-state index contributed by atoms with van der Waals surface area (Å²) in [6.07, 6.45) is 1.88. The summed E-state index contributed by atoms with van der Waals surface area (Å²) in [5, 5.41) is 5.85. The van der Waals surface area contributed by atoms with Crippen LogP contribution in [0.2, 0.25) is 5.02 Å². The van der Waals surface area contributed by atoms with Crippen molar-refractivity contribution in [3.05, 3.63) is 45.2 Å². The highest BCUT2D eigenvalue weighted by molar-refractivity contribution is 7.18. The van der Waals surface area contributed by atoms with Crippen molar-refractivity contribution in [2.75, 3.05) is 13.1 Å². The largest absolute Gasteiger partial charge is 0.361 e. The Morgan fingerprint density at radius 3 is 2.74 bits per heavy atom. The molecule has 0 aliphatic carbocycles. The number of halogens is 1. The van der Waals surface area contributed by atoms with Crippen molar-refractivity contribution in [2.45, 2.75) is 45.4 Å². The van der Waals surface area contributed by atoms with E-state index in [9.17, 15) is 4.79 Å². The van der Waals surface area contributed by atoms with E-state index in [0.717, 1.165) is 53.5 Å². The highest BCUT2D eigenvalue weighted by Gasteiger charge is 2.31. The predicted octanol–water partition coefficient (Wildman–Crippen LogP) is 5.06. The molecule has 1 saturated heterocycles. The number of hydrogen-bond acceptors (Lipinski definition) is 5. The Morgan fingerprint density at radius 1 is 1.33 bits per heavy atom. The second-order valence-corrected chi connectivity index (χ2v) is 8.72. The molecule has 0 bridgehead atoms. The van der Waals surface area contributed by atoms with Gasteiger partial charge in [0.2, 0.25) is 5.91 Å². The van der Waals surface area contributed by atoms with Gasteiger partial charge in [-0.15, -0.1) is 11.3 Å². The van der Waals surface area contributed by atoms with Crippen molar-refractivity contribution in [1.29, 1.82) is 0 Å². The molecule has 1 aliphatic heterocycles. The van der Waals surface area contributed by atoms with Gasteiger partial charge in [0, 0.05) is 29.6 Å². The molecule has 1 fully saturated rings. The van der Waals surface area contributed by atoms with Gasteiger partial charge < -0.3 is 9.42 Å². The number of rotatable bonds is 3. The van der Waals surface area contributed by atoms with E-state index in [4.69, 9.17) is 21.1 Å². The molecule has 0 spiro atoms. The minimum absolute atomic E-state index is 0.152. The first-order valence-corrected chi connectivity index (χ1v) is 10.4. The standard InChI is InChI=1S/C20H22ClN3O2S/c1-11(18-12(2)23-26-13(18)3)20(25)24-8-6-14(7-9-24)19-22-16-10-15(21)4-5-17(16)27-19/h4-5,10-11,14H,6-9H2,1-3H3. The van der Waals surface area contributed by atoms with Gasteiger partial charge in [0.1, 0.15) is 5.76 Å². The van der Waals surface area contributed by atoms with Crippen molar-refractivity contribution in [3.8, 4) is 0 Å². The molecule has 1 unspecified atom stereocenters. The number of aryl methyl sites for hydroxylation is 2. The maximum atomic E-state index is 13.0. The molecular formula is C20H22ClN3O2S. The molecule has 0 N–H and O–H groups in total. The van der Waals surface area contributed by atoms with Gasteiger partial charge in [-0.3, -0.25) is 4.79 Å². The third kappa shape index (κ3) is 3.48. The third-order valence-corrected chi connectivity index (χ3v) is 6.85. The van der Waals surface area contributed by atoms with E-state index >= 15 is 0 Å². The van der Waals surface area contributed by atoms with Crippen LogP contribution in [0.25, 0.3) is 10.2 Å². The van der Waals surface area contributed by atoms with Crippen LogP contribution < -0.4 is 0 Å². The lowest BCUT2D eigenvalue weighted by Gasteiger charge is -2.33. The number of aromatic nitrogens is 2. The molecule has 2 aromatic heterocycles. The highest BCUT2D eigenvalue weighted by Crippen LogP contribution is 2.35. The summed E-state index contributed by atoms with van der Waals surface area (Å²) in [7, 11) is 0. The summed E-state index contributed by atoms with van der Waals surface area (Å²) in [5.41, 5.74) is 2.69. The van der Waals surface area contributed by atoms with Crippen molar-refractivity contribution in [2.24, 2.45) is 0 Å². The predicted molar refractivity (Wildman–Crippen MR) is 108 cm³/mol. The van der Waals surface area contributed by atoms with Crippen LogP contribution in [-0.2, 0) is 4.79 Å². The van der Waals surface area contributed by atoms with Crippen molar-refractivity contribution >= 4 is 39.1 Å². The highest BCUT2D eigenvalue weighted by atomic mass is 35.5. The monoisotopic (exact) mass is 403 g/mol. The number of amides is 1. The summed E-state index contributed by atoms with van der Waals surface area (Å²) in [5.74, 6) is 1.06. The minimum atomic E-state index is -0.225. The van der Waals surface area contributed by atoms with E-state index in [1.54, 1.807) is 11.3 Å². The summed E-state index contributed by atoms with van der Waals surface area (Å²) >= 11 is 7.81. The Morgan fingerprint density at radius 2 is 2.07 bits per heavy atom. The molecule has 0 radical (unpaired) electrons. The summed E-state index contributed by atoms with van der Waals surface area (Å²) in [6.45, 7) is 7.21. The molecule has 1 aromatic carbocycles. The van der Waals surface area contributed by atoms with Gasteiger partial charge in [0.15, 0.2) is 0 Å². The van der Waals surface area contributed by atoms with Crippen LogP contribution >= 0.6 is 22.9 Å². The number of thiazole rings is 1. The molecular weight excluding hydrogens is 382 g/mol. The fourth-order valence-electron chi connectivity index (χ4n) is 3.95. The van der Waals surface area contributed by atoms with Gasteiger partial charge in [-0.25, -0.2) is 4.98 Å². The lowest BCUT2D eigenvalue weighted by Crippen LogP contribution is -2.40. The van der Waals surface area contributed by atoms with Gasteiger partial charge in [0.05, 0.1) is 26.8 Å². The zero-order chi connectivity index (χ0) is 19.1. The Bertz CT molecular complexity index is 969. The Hall–Kier alpha value is -1.92. The molecule has 1 atom stereocenters. The number of piperidine rings is 1. The maximum absolute atomic E-state index is 13.0. The SMILES string of the molecule is Cc1noc(C)c1C(C)C(=O)N1CCC(c2nc3cc(Cl)ccc3s2)CC1. The Labute approximate surface area is 167 Å². The van der Waals surface area contributed by atoms with Gasteiger partial charge in [-0.2, -0.15) is 0 Å². The van der Waals surface area contributed by atoms with E-state index in [-0.39, 0.29) is 11.8 Å². The third-order valence-electron chi connectivity index (χ3n) is 5.41. The number of benzene rings is 1. The van der Waals surface area contributed by atoms with Crippen molar-refractivity contribution in [1.82, 2.24) is 15.0 Å². The Kier molecular flexibility index (Phi) is 4.95. The van der Waals surface area contributed by atoms with Crippen molar-refractivity contribution < 1.29 is 9.32 Å². The molecule has 4 rings (SSSR count). The lowest BCUT2D eigenvalue weighted by molar-refractivity contribution is -0.133. The first-order chi connectivity index (χ1) is 12.9. The molecule has 3 heterocycles. The van der Waals surface area contributed by atoms with Crippen molar-refractivity contribution in [3.63, 3.8) is 0 Å². The topological polar surface area (TPSA) is 59.2 Å². The zero-order valence-corrected chi connectivity index (χ0v) is 17.2. The number of fused-ring (bicyclic) bond motifs is 1. The Balaban J connectivity index is 1.44. The zero-order valence-electron chi connectivity index (χ0n) is 15.7. The fraction of sp³-hybridized carbons (Fsp3) is 0.450. The van der Waals surface area contributed by atoms with Crippen LogP contribution in [0.4, 0.5) is 0 Å². The first-order valence-electron chi connectivity index (χ1n) is 9.21. The maximum Gasteiger partial charge on any atom is 0.230 e. The second kappa shape index (κ2) is 7.24. The van der Waals surface area contributed by atoms with Crippen LogP contribution in [0.5, 0.6) is 0 Å². The number of carbonyl (C=O) groups excluding carboxylic acids is 1. The summed E-state index contributed by atoms with van der Waals surface area (Å²) in [4.78, 5) is 19.7. The lowest BCUT2D eigenvalue weighted by atomic mass is 9.94. The smallest absolute Gasteiger partial charge is 0.230 e. The van der Waals surface area contributed by atoms with E-state index in [1.165, 1.54) is 4.70 Å². The second-order valence-electron chi connectivity index (χ2n) is 7.22. The van der Waals surface area contributed by atoms with Crippen LogP contribution in [0.3, 0.4) is 0 Å². The number of hydrogen-bond donors (Lipinski definition) is 0. The summed E-state index contributed by atoms with van der Waals surface area (Å²) < 4.78 is 6.40. The molecule has 1 amide bonds. The molecule has 27 heavy (non-hydrogen) atoms. The molecule has 3 aromatic rings. The van der Waals surface area contributed by atoms with Crippen LogP contribution in [0, 0.1) is 13.8 Å². The van der Waals surface area contributed by atoms with Gasteiger partial charge in [-0.05, 0) is 51.8 Å². The quantitative estimate of drug-likeness (QED) is 0.612. The van der Waals surface area contributed by atoms with E-state index in [2.05, 4.69) is 5.16 Å². The first kappa shape index (κ1) is 18.4. The van der Waals surface area contributed by atoms with E-state index in [1.807, 2.05) is 43.9 Å². The normalized spacial score (nSPS) is 16.8. The molecule has 0 saturated carbocycles. The number of carbonyl (C=O) groups is 1. The van der Waals surface area contributed by atoms with E-state index in [0.29, 0.717) is 10.9 Å². The number of nitrogens with zero attached hydrogens (tertiary/aromatic N) is 3. The molecule has 1 aliphatic rings. The number of likely N-dealkylation sites (tertiary alicyclic amines) is 1.